The Morgan fingerprint density at radius 1 is 0.500 bits per heavy atom. The van der Waals surface area contributed by atoms with E-state index in [0.29, 0.717) is 0 Å². The van der Waals surface area contributed by atoms with Crippen LogP contribution in [0.15, 0.2) is 54.7 Å². The zero-order valence-electron chi connectivity index (χ0n) is 14.8. The minimum atomic E-state index is 0. The van der Waals surface area contributed by atoms with Gasteiger partial charge in [-0.15, -0.1) is 0 Å². The summed E-state index contributed by atoms with van der Waals surface area (Å²) in [5.41, 5.74) is 1.09. The molecule has 0 aliphatic rings. The minimum absolute atomic E-state index is 0. The Bertz CT molecular complexity index is 802. The fraction of sp³-hybridized carbons (Fsp3) is 0. The van der Waals surface area contributed by atoms with E-state index in [1.54, 1.807) is 0 Å². The Morgan fingerprint density at radius 2 is 0.867 bits per heavy atom. The zero-order chi connectivity index (χ0) is 23.4. The van der Waals surface area contributed by atoms with Crippen molar-refractivity contribution in [2.75, 3.05) is 0 Å². The summed E-state index contributed by atoms with van der Waals surface area (Å²) in [6, 6.07) is 16.7. The molecule has 0 amide bonds. The van der Waals surface area contributed by atoms with Gasteiger partial charge in [-0.2, -0.15) is 0 Å². The van der Waals surface area contributed by atoms with E-state index >= 15 is 0 Å². The minimum Gasteiger partial charge on any atom is -0.256 e. The van der Waals surface area contributed by atoms with Crippen LogP contribution in [-0.2, 0) is 67.0 Å². The molecule has 0 saturated carbocycles. The van der Waals surface area contributed by atoms with Crippen molar-refractivity contribution in [1.29, 1.82) is 0 Å². The first kappa shape index (κ1) is 45.9. The molecule has 30 heavy (non-hydrogen) atoms. The molecule has 0 atom stereocenters. The average molecular weight is 482 g/mol. The van der Waals surface area contributed by atoms with Crippen molar-refractivity contribution in [3.05, 3.63) is 101 Å². The standard InChI is InChI=1S/C13H9N.7CO.Cr.Mn/c1-2-6-12-10(4-1)7-8-11-5-3-9-14-13(11)12;7*1-2;;/h1-9H;;;;;;;;;. The number of benzene rings is 2. The zero-order valence-corrected chi connectivity index (χ0v) is 17.2. The monoisotopic (exact) mass is 482 g/mol. The van der Waals surface area contributed by atoms with Crippen molar-refractivity contribution in [1.82, 2.24) is 4.98 Å². The molecule has 3 rings (SSSR count). The van der Waals surface area contributed by atoms with Gasteiger partial charge in [-0.3, -0.25) is 4.98 Å². The number of hydrogen-bond donors (Lipinski definition) is 0. The van der Waals surface area contributed by atoms with Gasteiger partial charge in [0.15, 0.2) is 0 Å². The molecule has 0 fully saturated rings. The van der Waals surface area contributed by atoms with Crippen molar-refractivity contribution in [2.24, 2.45) is 0 Å². The van der Waals surface area contributed by atoms with E-state index in [2.05, 4.69) is 94.0 Å². The van der Waals surface area contributed by atoms with Gasteiger partial charge in [0, 0.05) is 51.4 Å². The molecule has 1 heterocycles. The Kier molecular flexibility index (Phi) is 69.1. The topological polar surface area (TPSA) is 152 Å². The van der Waals surface area contributed by atoms with E-state index in [1.165, 1.54) is 16.2 Å². The van der Waals surface area contributed by atoms with Gasteiger partial charge in [-0.1, -0.05) is 42.5 Å². The molecule has 0 aliphatic carbocycles. The van der Waals surface area contributed by atoms with Crippen LogP contribution in [0.25, 0.3) is 21.7 Å². The number of aromatic nitrogens is 1. The Labute approximate surface area is 194 Å². The average Bonchev–Trinajstić information content (AvgIpc) is 2.88. The van der Waals surface area contributed by atoms with Crippen molar-refractivity contribution in [3.8, 4) is 0 Å². The molecule has 0 spiro atoms. The number of hydrogen-bond acceptors (Lipinski definition) is 1. The van der Waals surface area contributed by atoms with Gasteiger partial charge in [-0.05, 0) is 11.5 Å². The van der Waals surface area contributed by atoms with E-state index in [9.17, 15) is 0 Å². The molecule has 149 valence electrons. The number of pyridine rings is 1. The van der Waals surface area contributed by atoms with Crippen molar-refractivity contribution < 1.29 is 67.0 Å². The Morgan fingerprint density at radius 3 is 1.33 bits per heavy atom. The first-order valence-corrected chi connectivity index (χ1v) is 6.10. The largest absolute Gasteiger partial charge is 0.256 e. The first-order chi connectivity index (χ1) is 13.9. The second-order valence-corrected chi connectivity index (χ2v) is 3.36. The van der Waals surface area contributed by atoms with Crippen molar-refractivity contribution in [2.45, 2.75) is 0 Å². The number of nitrogens with zero attached hydrogens (tertiary/aromatic N) is 1. The number of rotatable bonds is 0. The Hall–Kier alpha value is -2.66. The summed E-state index contributed by atoms with van der Waals surface area (Å²) >= 11 is 0. The van der Waals surface area contributed by atoms with E-state index < -0.39 is 0 Å². The van der Waals surface area contributed by atoms with Gasteiger partial charge >= 0.3 is 79.1 Å². The molecule has 0 saturated heterocycles. The maximum atomic E-state index is 7.50. The second-order valence-electron chi connectivity index (χ2n) is 3.36. The summed E-state index contributed by atoms with van der Waals surface area (Å²) in [5, 5.41) is 3.68. The maximum absolute atomic E-state index is 7.50. The van der Waals surface area contributed by atoms with Crippen LogP contribution in [0, 0.1) is 46.6 Å². The fourth-order valence-electron chi connectivity index (χ4n) is 1.81. The van der Waals surface area contributed by atoms with Crippen LogP contribution < -0.4 is 0 Å². The molecule has 10 heteroatoms. The summed E-state index contributed by atoms with van der Waals surface area (Å²) in [5.74, 6) is 0. The van der Waals surface area contributed by atoms with Crippen LogP contribution in [0.2, 0.25) is 0 Å². The summed E-state index contributed by atoms with van der Waals surface area (Å²) in [6.45, 7) is 31.5. The third-order valence-electron chi connectivity index (χ3n) is 2.50. The summed E-state index contributed by atoms with van der Waals surface area (Å²) in [4.78, 5) is 4.41. The van der Waals surface area contributed by atoms with Gasteiger partial charge in [0.2, 0.25) is 0 Å². The molecule has 1 aromatic heterocycles. The first-order valence-electron chi connectivity index (χ1n) is 6.10. The van der Waals surface area contributed by atoms with E-state index in [0.717, 1.165) is 5.52 Å². The second kappa shape index (κ2) is 45.2. The van der Waals surface area contributed by atoms with Gasteiger partial charge in [0.05, 0.1) is 5.52 Å². The Balaban J connectivity index is -0.0000000575. The molecule has 8 nitrogen and oxygen atoms in total. The van der Waals surface area contributed by atoms with E-state index in [4.69, 9.17) is 32.6 Å². The predicted molar refractivity (Wildman–Crippen MR) is 86.8 cm³/mol. The fourth-order valence-corrected chi connectivity index (χ4v) is 1.81. The van der Waals surface area contributed by atoms with Crippen molar-refractivity contribution >= 4 is 21.7 Å². The SMILES string of the molecule is [C-]#[O+].[C-]#[O+].[C-]#[O+].[C-]#[O+].[C-]#[O+].[C-]#[O+].[C-]#[O+].[Cr].[Mn].c1ccc2c(c1)ccc1cccnc12. The molecule has 0 aliphatic heterocycles. The van der Waals surface area contributed by atoms with Gasteiger partial charge in [0.25, 0.3) is 0 Å². The van der Waals surface area contributed by atoms with Crippen LogP contribution in [0.4, 0.5) is 0 Å². The van der Waals surface area contributed by atoms with Gasteiger partial charge < -0.3 is 0 Å². The number of fused-ring (bicyclic) bond motifs is 3. The van der Waals surface area contributed by atoms with Gasteiger partial charge in [0.1, 0.15) is 0 Å². The summed E-state index contributed by atoms with van der Waals surface area (Å²) in [7, 11) is 0. The molecule has 0 N–H and O–H groups in total. The van der Waals surface area contributed by atoms with Gasteiger partial charge in [-0.25, -0.2) is 0 Å². The predicted octanol–water partition coefficient (Wildman–Crippen LogP) is 3.12. The smallest absolute Gasteiger partial charge is 0.0780 e. The molecular formula is C20H9CrMnNO7. The summed E-state index contributed by atoms with van der Waals surface area (Å²) in [6.07, 6.45) is 1.84. The van der Waals surface area contributed by atoms with Crippen LogP contribution in [0.3, 0.4) is 0 Å². The molecular weight excluding hydrogens is 473 g/mol. The van der Waals surface area contributed by atoms with Crippen LogP contribution in [-0.4, -0.2) is 4.98 Å². The van der Waals surface area contributed by atoms with E-state index in [-0.39, 0.29) is 34.4 Å². The molecule has 1 radical (unpaired) electrons. The van der Waals surface area contributed by atoms with Crippen LogP contribution in [0.5, 0.6) is 0 Å². The van der Waals surface area contributed by atoms with E-state index in [1.807, 2.05) is 12.3 Å². The normalized spacial score (nSPS) is 5.53. The van der Waals surface area contributed by atoms with Crippen LogP contribution >= 0.6 is 0 Å². The quantitative estimate of drug-likeness (QED) is 0.206. The molecule has 0 unspecified atom stereocenters. The molecule has 3 aromatic rings. The molecule has 2 aromatic carbocycles. The third kappa shape index (κ3) is 18.7. The van der Waals surface area contributed by atoms with Crippen molar-refractivity contribution in [3.63, 3.8) is 0 Å². The maximum Gasteiger partial charge on any atom is 0.0780 e. The third-order valence-corrected chi connectivity index (χ3v) is 2.50. The summed E-state index contributed by atoms with van der Waals surface area (Å²) < 4.78 is 52.5. The molecule has 0 bridgehead atoms. The van der Waals surface area contributed by atoms with Crippen LogP contribution in [0.1, 0.15) is 0 Å².